The number of nitrogens with zero attached hydrogens (tertiary/aromatic N) is 2. The molecule has 2 rings (SSSR count). The van der Waals surface area contributed by atoms with Crippen molar-refractivity contribution in [2.24, 2.45) is 5.92 Å². The van der Waals surface area contributed by atoms with Gasteiger partial charge in [0.2, 0.25) is 5.91 Å². The van der Waals surface area contributed by atoms with Crippen LogP contribution in [0.2, 0.25) is 0 Å². The molecule has 19 heavy (non-hydrogen) atoms. The summed E-state index contributed by atoms with van der Waals surface area (Å²) >= 11 is 0. The molecule has 0 aromatic rings. The number of hydrogen-bond acceptors (Lipinski definition) is 3. The first-order chi connectivity index (χ1) is 9.01. The van der Waals surface area contributed by atoms with Crippen LogP contribution in [0.3, 0.4) is 0 Å². The normalized spacial score (nSPS) is 30.3. The molecule has 0 aromatic carbocycles. The molecular weight excluding hydrogens is 244 g/mol. The first kappa shape index (κ1) is 14.3. The third-order valence-electron chi connectivity index (χ3n) is 4.66. The zero-order valence-corrected chi connectivity index (χ0v) is 11.8. The molecule has 5 heteroatoms. The van der Waals surface area contributed by atoms with Crippen LogP contribution in [0.15, 0.2) is 0 Å². The predicted octanol–water partition coefficient (Wildman–Crippen LogP) is 1.18. The summed E-state index contributed by atoms with van der Waals surface area (Å²) in [5.74, 6) is -0.221. The number of piperidine rings is 1. The van der Waals surface area contributed by atoms with E-state index in [1.807, 2.05) is 14.0 Å². The van der Waals surface area contributed by atoms with Crippen LogP contribution in [0.1, 0.15) is 39.0 Å². The molecule has 0 saturated carbocycles. The lowest BCUT2D eigenvalue weighted by molar-refractivity contribution is -0.139. The Morgan fingerprint density at radius 3 is 2.32 bits per heavy atom. The highest BCUT2D eigenvalue weighted by Gasteiger charge is 2.41. The van der Waals surface area contributed by atoms with Crippen molar-refractivity contribution in [2.75, 3.05) is 20.1 Å². The van der Waals surface area contributed by atoms with Gasteiger partial charge < -0.3 is 10.0 Å². The number of rotatable bonds is 5. The number of fused-ring (bicyclic) bond motifs is 2. The molecule has 5 nitrogen and oxygen atoms in total. The fourth-order valence-electron chi connectivity index (χ4n) is 3.51. The number of likely N-dealkylation sites (N-methyl/N-ethyl adjacent to an activating group) is 1. The summed E-state index contributed by atoms with van der Waals surface area (Å²) in [6.07, 6.45) is 4.38. The minimum atomic E-state index is -0.695. The van der Waals surface area contributed by atoms with E-state index in [2.05, 4.69) is 4.90 Å². The average molecular weight is 268 g/mol. The van der Waals surface area contributed by atoms with Crippen molar-refractivity contribution in [3.05, 3.63) is 0 Å². The van der Waals surface area contributed by atoms with E-state index in [0.717, 1.165) is 32.2 Å². The van der Waals surface area contributed by atoms with Crippen molar-refractivity contribution in [3.8, 4) is 0 Å². The van der Waals surface area contributed by atoms with Crippen LogP contribution in [0.4, 0.5) is 0 Å². The Hall–Kier alpha value is -1.10. The van der Waals surface area contributed by atoms with Crippen molar-refractivity contribution in [1.82, 2.24) is 9.80 Å². The van der Waals surface area contributed by atoms with Crippen molar-refractivity contribution >= 4 is 11.9 Å². The fraction of sp³-hybridized carbons (Fsp3) is 0.857. The van der Waals surface area contributed by atoms with E-state index < -0.39 is 5.97 Å². The first-order valence-electron chi connectivity index (χ1n) is 7.22. The SMILES string of the molecule is CCN(C)C(=O)CN1C2CCC1CC(CC(=O)O)C2. The van der Waals surface area contributed by atoms with Gasteiger partial charge >= 0.3 is 5.97 Å². The summed E-state index contributed by atoms with van der Waals surface area (Å²) in [6, 6.07) is 0.828. The van der Waals surface area contributed by atoms with Crippen LogP contribution >= 0.6 is 0 Å². The zero-order chi connectivity index (χ0) is 14.0. The number of carbonyl (C=O) groups excluding carboxylic acids is 1. The van der Waals surface area contributed by atoms with Crippen LogP contribution in [-0.4, -0.2) is 59.0 Å². The number of carboxylic acids is 1. The Kier molecular flexibility index (Phi) is 4.45. The molecular formula is C14H24N2O3. The molecule has 0 aliphatic carbocycles. The number of carbonyl (C=O) groups is 2. The van der Waals surface area contributed by atoms with Crippen molar-refractivity contribution in [3.63, 3.8) is 0 Å². The number of hydrogen-bond donors (Lipinski definition) is 1. The molecule has 0 radical (unpaired) electrons. The van der Waals surface area contributed by atoms with E-state index in [0.29, 0.717) is 24.5 Å². The maximum absolute atomic E-state index is 12.0. The highest BCUT2D eigenvalue weighted by molar-refractivity contribution is 5.78. The van der Waals surface area contributed by atoms with Crippen LogP contribution in [0, 0.1) is 5.92 Å². The topological polar surface area (TPSA) is 60.9 Å². The molecule has 0 spiro atoms. The molecule has 2 aliphatic rings. The van der Waals surface area contributed by atoms with Crippen LogP contribution < -0.4 is 0 Å². The quantitative estimate of drug-likeness (QED) is 0.813. The summed E-state index contributed by atoms with van der Waals surface area (Å²) in [6.45, 7) is 3.22. The van der Waals surface area contributed by atoms with E-state index >= 15 is 0 Å². The summed E-state index contributed by atoms with van der Waals surface area (Å²) in [4.78, 5) is 26.9. The van der Waals surface area contributed by atoms with Gasteiger partial charge in [0.1, 0.15) is 0 Å². The Morgan fingerprint density at radius 2 is 1.84 bits per heavy atom. The fourth-order valence-corrected chi connectivity index (χ4v) is 3.51. The van der Waals surface area contributed by atoms with Gasteiger partial charge in [-0.05, 0) is 38.5 Å². The van der Waals surface area contributed by atoms with E-state index in [1.54, 1.807) is 4.90 Å². The van der Waals surface area contributed by atoms with Gasteiger partial charge in [-0.1, -0.05) is 0 Å². The smallest absolute Gasteiger partial charge is 0.303 e. The van der Waals surface area contributed by atoms with Gasteiger partial charge in [0.05, 0.1) is 6.54 Å². The van der Waals surface area contributed by atoms with E-state index in [4.69, 9.17) is 5.11 Å². The molecule has 2 fully saturated rings. The molecule has 2 heterocycles. The molecule has 0 aromatic heterocycles. The van der Waals surface area contributed by atoms with E-state index in [9.17, 15) is 9.59 Å². The lowest BCUT2D eigenvalue weighted by Gasteiger charge is -2.38. The summed E-state index contributed by atoms with van der Waals surface area (Å²) in [5, 5.41) is 8.90. The van der Waals surface area contributed by atoms with E-state index in [-0.39, 0.29) is 12.3 Å². The number of carboxylic acid groups (broad SMARTS) is 1. The number of amides is 1. The summed E-state index contributed by atoms with van der Waals surface area (Å²) in [5.41, 5.74) is 0. The highest BCUT2D eigenvalue weighted by atomic mass is 16.4. The molecule has 1 amide bonds. The molecule has 2 atom stereocenters. The van der Waals surface area contributed by atoms with Crippen LogP contribution in [0.5, 0.6) is 0 Å². The average Bonchev–Trinajstić information content (AvgIpc) is 2.60. The highest BCUT2D eigenvalue weighted by Crippen LogP contribution is 2.39. The molecule has 108 valence electrons. The van der Waals surface area contributed by atoms with Gasteiger partial charge in [-0.25, -0.2) is 0 Å². The van der Waals surface area contributed by atoms with E-state index in [1.165, 1.54) is 0 Å². The van der Waals surface area contributed by atoms with Gasteiger partial charge in [0.25, 0.3) is 0 Å². The Balaban J connectivity index is 1.92. The number of aliphatic carboxylic acids is 1. The molecule has 2 unspecified atom stereocenters. The van der Waals surface area contributed by atoms with Crippen molar-refractivity contribution < 1.29 is 14.7 Å². The first-order valence-corrected chi connectivity index (χ1v) is 7.22. The third kappa shape index (κ3) is 3.26. The Bertz CT molecular complexity index is 345. The summed E-state index contributed by atoms with van der Waals surface area (Å²) in [7, 11) is 1.83. The molecule has 2 saturated heterocycles. The zero-order valence-electron chi connectivity index (χ0n) is 11.8. The second kappa shape index (κ2) is 5.90. The van der Waals surface area contributed by atoms with Gasteiger partial charge in [-0.2, -0.15) is 0 Å². The molecule has 2 bridgehead atoms. The minimum Gasteiger partial charge on any atom is -0.481 e. The third-order valence-corrected chi connectivity index (χ3v) is 4.66. The van der Waals surface area contributed by atoms with Gasteiger partial charge in [0.15, 0.2) is 0 Å². The summed E-state index contributed by atoms with van der Waals surface area (Å²) < 4.78 is 0. The largest absolute Gasteiger partial charge is 0.481 e. The van der Waals surface area contributed by atoms with Gasteiger partial charge in [0, 0.05) is 32.1 Å². The predicted molar refractivity (Wildman–Crippen MR) is 71.8 cm³/mol. The Labute approximate surface area is 114 Å². The van der Waals surface area contributed by atoms with Crippen molar-refractivity contribution in [2.45, 2.75) is 51.1 Å². The Morgan fingerprint density at radius 1 is 1.26 bits per heavy atom. The van der Waals surface area contributed by atoms with Gasteiger partial charge in [-0.15, -0.1) is 0 Å². The standard InChI is InChI=1S/C14H24N2O3/c1-3-15(2)13(17)9-16-11-4-5-12(16)7-10(6-11)8-14(18)19/h10-12H,3-9H2,1-2H3,(H,18,19). The second-order valence-corrected chi connectivity index (χ2v) is 5.90. The minimum absolute atomic E-state index is 0.177. The second-order valence-electron chi connectivity index (χ2n) is 5.90. The van der Waals surface area contributed by atoms with Gasteiger partial charge in [-0.3, -0.25) is 14.5 Å². The molecule has 1 N–H and O–H groups in total. The maximum Gasteiger partial charge on any atom is 0.303 e. The maximum atomic E-state index is 12.0. The van der Waals surface area contributed by atoms with Crippen LogP contribution in [0.25, 0.3) is 0 Å². The van der Waals surface area contributed by atoms with Crippen molar-refractivity contribution in [1.29, 1.82) is 0 Å². The lowest BCUT2D eigenvalue weighted by Crippen LogP contribution is -2.48. The monoisotopic (exact) mass is 268 g/mol. The van der Waals surface area contributed by atoms with Crippen LogP contribution in [-0.2, 0) is 9.59 Å². The molecule has 2 aliphatic heterocycles. The lowest BCUT2D eigenvalue weighted by atomic mass is 9.88.